The molecule has 1 aromatic carbocycles. The molecule has 1 aromatic heterocycles. The first-order valence-electron chi connectivity index (χ1n) is 6.25. The van der Waals surface area contributed by atoms with E-state index in [2.05, 4.69) is 10.3 Å². The minimum absolute atomic E-state index is 0.186. The average molecular weight is 290 g/mol. The van der Waals surface area contributed by atoms with Crippen molar-refractivity contribution in [1.29, 1.82) is 0 Å². The van der Waals surface area contributed by atoms with Crippen LogP contribution in [0.15, 0.2) is 36.4 Å². The molecule has 0 bridgehead atoms. The average Bonchev–Trinajstić information content (AvgIpc) is 2.53. The highest BCUT2D eigenvalue weighted by atomic mass is 19.1. The number of benzene rings is 1. The Kier molecular flexibility index (Phi) is 4.71. The third-order valence-electron chi connectivity index (χ3n) is 2.85. The smallest absolute Gasteiger partial charge is 0.257 e. The lowest BCUT2D eigenvalue weighted by Gasteiger charge is -2.09. The predicted octanol–water partition coefficient (Wildman–Crippen LogP) is 2.17. The number of carbonyl (C=O) groups excluding carboxylic acids is 1. The van der Waals surface area contributed by atoms with Gasteiger partial charge in [0.05, 0.1) is 14.2 Å². The second-order valence-corrected chi connectivity index (χ2v) is 4.22. The molecule has 0 aliphatic carbocycles. The molecule has 21 heavy (non-hydrogen) atoms. The van der Waals surface area contributed by atoms with Gasteiger partial charge in [0.15, 0.2) is 0 Å². The van der Waals surface area contributed by atoms with Crippen molar-refractivity contribution in [2.45, 2.75) is 6.54 Å². The van der Waals surface area contributed by atoms with Crippen LogP contribution in [0, 0.1) is 5.82 Å². The van der Waals surface area contributed by atoms with E-state index in [-0.39, 0.29) is 24.1 Å². The van der Waals surface area contributed by atoms with Crippen LogP contribution in [0.5, 0.6) is 11.8 Å². The second kappa shape index (κ2) is 6.69. The topological polar surface area (TPSA) is 60.5 Å². The molecule has 0 aliphatic heterocycles. The quantitative estimate of drug-likeness (QED) is 0.916. The molecule has 0 unspecified atom stereocenters. The number of methoxy groups -OCH3 is 2. The van der Waals surface area contributed by atoms with Crippen molar-refractivity contribution < 1.29 is 18.7 Å². The van der Waals surface area contributed by atoms with E-state index in [1.807, 2.05) is 0 Å². The number of carbonyl (C=O) groups is 1. The first-order valence-corrected chi connectivity index (χ1v) is 6.25. The van der Waals surface area contributed by atoms with Crippen LogP contribution in [0.1, 0.15) is 15.9 Å². The highest BCUT2D eigenvalue weighted by Gasteiger charge is 2.14. The van der Waals surface area contributed by atoms with Gasteiger partial charge in [-0.2, -0.15) is 4.98 Å². The molecule has 1 amide bonds. The van der Waals surface area contributed by atoms with E-state index in [9.17, 15) is 9.18 Å². The molecule has 1 heterocycles. The molecule has 0 radical (unpaired) electrons. The zero-order valence-electron chi connectivity index (χ0n) is 11.7. The molecule has 0 spiro atoms. The van der Waals surface area contributed by atoms with Crippen LogP contribution in [-0.2, 0) is 6.54 Å². The summed E-state index contributed by atoms with van der Waals surface area (Å²) in [6, 6.07) is 9.06. The Morgan fingerprint density at radius 3 is 2.48 bits per heavy atom. The van der Waals surface area contributed by atoms with Gasteiger partial charge < -0.3 is 14.8 Å². The van der Waals surface area contributed by atoms with Gasteiger partial charge in [-0.1, -0.05) is 12.1 Å². The molecule has 0 atom stereocenters. The molecule has 0 fully saturated rings. The summed E-state index contributed by atoms with van der Waals surface area (Å²) >= 11 is 0. The van der Waals surface area contributed by atoms with Gasteiger partial charge in [0.2, 0.25) is 11.8 Å². The van der Waals surface area contributed by atoms with Crippen molar-refractivity contribution in [2.24, 2.45) is 0 Å². The Hall–Kier alpha value is -2.63. The maximum atomic E-state index is 12.8. The lowest BCUT2D eigenvalue weighted by Crippen LogP contribution is -2.23. The largest absolute Gasteiger partial charge is 0.481 e. The summed E-state index contributed by atoms with van der Waals surface area (Å²) in [6.45, 7) is 0.286. The molecule has 110 valence electrons. The van der Waals surface area contributed by atoms with E-state index < -0.39 is 0 Å². The molecule has 5 nitrogen and oxygen atoms in total. The lowest BCUT2D eigenvalue weighted by atomic mass is 10.2. The summed E-state index contributed by atoms with van der Waals surface area (Å²) < 4.78 is 22.8. The summed E-state index contributed by atoms with van der Waals surface area (Å²) in [5.41, 5.74) is 1.10. The van der Waals surface area contributed by atoms with Gasteiger partial charge >= 0.3 is 0 Å². The fraction of sp³-hybridized carbons (Fsp3) is 0.200. The van der Waals surface area contributed by atoms with Crippen LogP contribution < -0.4 is 14.8 Å². The van der Waals surface area contributed by atoms with Gasteiger partial charge in [-0.05, 0) is 23.8 Å². The van der Waals surface area contributed by atoms with E-state index in [1.165, 1.54) is 26.4 Å². The molecule has 2 aromatic rings. The van der Waals surface area contributed by atoms with Crippen LogP contribution in [0.4, 0.5) is 4.39 Å². The predicted molar refractivity (Wildman–Crippen MR) is 74.9 cm³/mol. The number of pyridine rings is 1. The normalized spacial score (nSPS) is 10.0. The van der Waals surface area contributed by atoms with Gasteiger partial charge in [-0.25, -0.2) is 4.39 Å². The van der Waals surface area contributed by atoms with Crippen molar-refractivity contribution >= 4 is 5.91 Å². The number of hydrogen-bond donors (Lipinski definition) is 1. The van der Waals surface area contributed by atoms with Crippen LogP contribution >= 0.6 is 0 Å². The number of amides is 1. The monoisotopic (exact) mass is 290 g/mol. The zero-order valence-corrected chi connectivity index (χ0v) is 11.7. The number of rotatable bonds is 5. The summed E-state index contributed by atoms with van der Waals surface area (Å²) in [6.07, 6.45) is 0. The number of halogens is 1. The molecular weight excluding hydrogens is 275 g/mol. The minimum atomic E-state index is -0.327. The molecule has 0 saturated heterocycles. The van der Waals surface area contributed by atoms with Crippen LogP contribution in [0.2, 0.25) is 0 Å². The SMILES string of the molecule is COc1ccc(C(=O)NCc2ccc(F)cc2)c(OC)n1. The third kappa shape index (κ3) is 3.68. The van der Waals surface area contributed by atoms with E-state index >= 15 is 0 Å². The standard InChI is InChI=1S/C15H15FN2O3/c1-20-13-8-7-12(15(18-13)21-2)14(19)17-9-10-3-5-11(16)6-4-10/h3-8H,9H2,1-2H3,(H,17,19). The second-order valence-electron chi connectivity index (χ2n) is 4.22. The Bertz CT molecular complexity index is 629. The maximum Gasteiger partial charge on any atom is 0.257 e. The number of aromatic nitrogens is 1. The summed E-state index contributed by atoms with van der Waals surface area (Å²) in [7, 11) is 2.91. The van der Waals surface area contributed by atoms with Crippen LogP contribution in [0.25, 0.3) is 0 Å². The van der Waals surface area contributed by atoms with E-state index in [0.29, 0.717) is 11.4 Å². The molecule has 2 rings (SSSR count). The van der Waals surface area contributed by atoms with Crippen molar-refractivity contribution in [3.63, 3.8) is 0 Å². The Labute approximate surface area is 121 Å². The number of hydrogen-bond acceptors (Lipinski definition) is 4. The van der Waals surface area contributed by atoms with E-state index in [4.69, 9.17) is 9.47 Å². The molecule has 0 aliphatic rings. The highest BCUT2D eigenvalue weighted by Crippen LogP contribution is 2.19. The fourth-order valence-electron chi connectivity index (χ4n) is 1.75. The summed E-state index contributed by atoms with van der Waals surface area (Å²) in [4.78, 5) is 16.2. The van der Waals surface area contributed by atoms with Crippen molar-refractivity contribution in [1.82, 2.24) is 10.3 Å². The van der Waals surface area contributed by atoms with Gasteiger partial charge in [0, 0.05) is 12.6 Å². The summed E-state index contributed by atoms with van der Waals surface area (Å²) in [5.74, 6) is -0.0923. The Balaban J connectivity index is 2.07. The molecule has 0 saturated carbocycles. The number of nitrogens with one attached hydrogen (secondary N) is 1. The lowest BCUT2D eigenvalue weighted by molar-refractivity contribution is 0.0947. The van der Waals surface area contributed by atoms with Crippen LogP contribution in [-0.4, -0.2) is 25.1 Å². The first-order chi connectivity index (χ1) is 10.1. The first kappa shape index (κ1) is 14.8. The van der Waals surface area contributed by atoms with Gasteiger partial charge in [0.25, 0.3) is 5.91 Å². The third-order valence-corrected chi connectivity index (χ3v) is 2.85. The van der Waals surface area contributed by atoms with Crippen molar-refractivity contribution in [2.75, 3.05) is 14.2 Å². The van der Waals surface area contributed by atoms with Gasteiger partial charge in [0.1, 0.15) is 11.4 Å². The molecule has 6 heteroatoms. The van der Waals surface area contributed by atoms with Crippen LogP contribution in [0.3, 0.4) is 0 Å². The number of ether oxygens (including phenoxy) is 2. The van der Waals surface area contributed by atoms with Gasteiger partial charge in [-0.15, -0.1) is 0 Å². The molecule has 1 N–H and O–H groups in total. The van der Waals surface area contributed by atoms with Crippen molar-refractivity contribution in [3.05, 3.63) is 53.3 Å². The van der Waals surface area contributed by atoms with Crippen molar-refractivity contribution in [3.8, 4) is 11.8 Å². The van der Waals surface area contributed by atoms with E-state index in [1.54, 1.807) is 24.3 Å². The summed E-state index contributed by atoms with van der Waals surface area (Å²) in [5, 5.41) is 2.72. The fourth-order valence-corrected chi connectivity index (χ4v) is 1.75. The minimum Gasteiger partial charge on any atom is -0.481 e. The Morgan fingerprint density at radius 2 is 1.86 bits per heavy atom. The molecular formula is C15H15FN2O3. The maximum absolute atomic E-state index is 12.8. The zero-order chi connectivity index (χ0) is 15.2. The number of nitrogens with zero attached hydrogens (tertiary/aromatic N) is 1. The highest BCUT2D eigenvalue weighted by molar-refractivity contribution is 5.96. The van der Waals surface area contributed by atoms with Gasteiger partial charge in [-0.3, -0.25) is 4.79 Å². The Morgan fingerprint density at radius 1 is 1.14 bits per heavy atom. The van der Waals surface area contributed by atoms with E-state index in [0.717, 1.165) is 5.56 Å².